The summed E-state index contributed by atoms with van der Waals surface area (Å²) in [7, 11) is -3.20. The predicted octanol–water partition coefficient (Wildman–Crippen LogP) is 1.26. The van der Waals surface area contributed by atoms with Gasteiger partial charge >= 0.3 is 0 Å². The molecule has 0 unspecified atom stereocenters. The van der Waals surface area contributed by atoms with Crippen LogP contribution in [0.5, 0.6) is 0 Å². The maximum atomic E-state index is 12.6. The third kappa shape index (κ3) is 6.25. The van der Waals surface area contributed by atoms with E-state index in [-0.39, 0.29) is 11.5 Å². The van der Waals surface area contributed by atoms with Crippen LogP contribution in [0.3, 0.4) is 0 Å². The molecule has 0 amide bonds. The Morgan fingerprint density at radius 1 is 1.31 bits per heavy atom. The highest BCUT2D eigenvalue weighted by atomic mass is 32.2. The molecule has 0 aromatic carbocycles. The van der Waals surface area contributed by atoms with Crippen molar-refractivity contribution in [3.8, 4) is 0 Å². The van der Waals surface area contributed by atoms with Gasteiger partial charge in [-0.3, -0.25) is 9.36 Å². The SMILES string of the molecule is CCn1c(SCC(=O)c2ccc(CCNS(C)(=O)=O)s2)nnc1N1CCOCC1. The lowest BCUT2D eigenvalue weighted by Gasteiger charge is -2.27. The van der Waals surface area contributed by atoms with Crippen LogP contribution in [0.2, 0.25) is 0 Å². The fraction of sp³-hybridized carbons (Fsp3) is 0.588. The van der Waals surface area contributed by atoms with Gasteiger partial charge in [-0.1, -0.05) is 11.8 Å². The normalized spacial score (nSPS) is 15.0. The zero-order valence-corrected chi connectivity index (χ0v) is 18.9. The van der Waals surface area contributed by atoms with Gasteiger partial charge in [-0.25, -0.2) is 13.1 Å². The van der Waals surface area contributed by atoms with E-state index in [0.717, 1.165) is 41.9 Å². The van der Waals surface area contributed by atoms with Gasteiger partial charge in [0.25, 0.3) is 0 Å². The summed E-state index contributed by atoms with van der Waals surface area (Å²) >= 11 is 2.79. The number of aromatic nitrogens is 3. The summed E-state index contributed by atoms with van der Waals surface area (Å²) in [6.07, 6.45) is 1.69. The van der Waals surface area contributed by atoms with E-state index in [9.17, 15) is 13.2 Å². The topological polar surface area (TPSA) is 106 Å². The molecule has 9 nitrogen and oxygen atoms in total. The first-order valence-electron chi connectivity index (χ1n) is 9.32. The second-order valence-electron chi connectivity index (χ2n) is 6.52. The third-order valence-corrected chi connectivity index (χ3v) is 7.19. The zero-order chi connectivity index (χ0) is 20.9. The molecule has 0 aliphatic carbocycles. The summed E-state index contributed by atoms with van der Waals surface area (Å²) < 4.78 is 32.1. The van der Waals surface area contributed by atoms with E-state index in [1.54, 1.807) is 6.07 Å². The van der Waals surface area contributed by atoms with Crippen LogP contribution in [0.4, 0.5) is 5.95 Å². The number of nitrogens with zero attached hydrogens (tertiary/aromatic N) is 4. The highest BCUT2D eigenvalue weighted by Crippen LogP contribution is 2.25. The van der Waals surface area contributed by atoms with Gasteiger partial charge in [0.2, 0.25) is 16.0 Å². The average Bonchev–Trinajstić information content (AvgIpc) is 3.32. The molecule has 0 radical (unpaired) electrons. The quantitative estimate of drug-likeness (QED) is 0.418. The van der Waals surface area contributed by atoms with Crippen molar-refractivity contribution < 1.29 is 17.9 Å². The number of morpholine rings is 1. The number of nitrogens with one attached hydrogen (secondary N) is 1. The van der Waals surface area contributed by atoms with Gasteiger partial charge in [-0.2, -0.15) is 0 Å². The van der Waals surface area contributed by atoms with Gasteiger partial charge in [-0.15, -0.1) is 21.5 Å². The van der Waals surface area contributed by atoms with E-state index in [4.69, 9.17) is 4.74 Å². The van der Waals surface area contributed by atoms with Crippen molar-refractivity contribution in [1.29, 1.82) is 0 Å². The van der Waals surface area contributed by atoms with Gasteiger partial charge < -0.3 is 9.64 Å². The largest absolute Gasteiger partial charge is 0.378 e. The van der Waals surface area contributed by atoms with E-state index in [1.807, 2.05) is 17.6 Å². The monoisotopic (exact) mass is 459 g/mol. The van der Waals surface area contributed by atoms with Crippen molar-refractivity contribution in [3.63, 3.8) is 0 Å². The number of hydrogen-bond donors (Lipinski definition) is 1. The van der Waals surface area contributed by atoms with Crippen LogP contribution in [0.25, 0.3) is 0 Å². The molecule has 1 saturated heterocycles. The Bertz CT molecular complexity index is 935. The molecule has 29 heavy (non-hydrogen) atoms. The maximum Gasteiger partial charge on any atom is 0.228 e. The van der Waals surface area contributed by atoms with Crippen molar-refractivity contribution in [2.75, 3.05) is 49.8 Å². The number of anilines is 1. The number of thiophene rings is 1. The summed E-state index contributed by atoms with van der Waals surface area (Å²) in [5.41, 5.74) is 0. The number of hydrogen-bond acceptors (Lipinski definition) is 9. The van der Waals surface area contributed by atoms with Gasteiger partial charge in [0.1, 0.15) is 0 Å². The second-order valence-corrected chi connectivity index (χ2v) is 10.5. The molecule has 0 spiro atoms. The molecule has 2 aromatic heterocycles. The van der Waals surface area contributed by atoms with Crippen LogP contribution in [0.15, 0.2) is 17.3 Å². The Balaban J connectivity index is 1.56. The van der Waals surface area contributed by atoms with Crippen molar-refractivity contribution in [2.45, 2.75) is 25.0 Å². The van der Waals surface area contributed by atoms with Gasteiger partial charge in [-0.05, 0) is 25.5 Å². The predicted molar refractivity (Wildman–Crippen MR) is 115 cm³/mol. The molecule has 2 aromatic rings. The van der Waals surface area contributed by atoms with Crippen molar-refractivity contribution in [1.82, 2.24) is 19.5 Å². The first-order chi connectivity index (χ1) is 13.9. The summed E-state index contributed by atoms with van der Waals surface area (Å²) in [4.78, 5) is 16.4. The molecule has 1 fully saturated rings. The molecule has 0 bridgehead atoms. The Hall–Kier alpha value is -1.47. The average molecular weight is 460 g/mol. The van der Waals surface area contributed by atoms with Gasteiger partial charge in [0.05, 0.1) is 30.1 Å². The van der Waals surface area contributed by atoms with Crippen molar-refractivity contribution in [3.05, 3.63) is 21.9 Å². The number of sulfonamides is 1. The Kier molecular flexibility index (Phi) is 7.68. The van der Waals surface area contributed by atoms with Crippen molar-refractivity contribution in [2.24, 2.45) is 0 Å². The number of carbonyl (C=O) groups is 1. The van der Waals surface area contributed by atoms with E-state index in [2.05, 4.69) is 19.8 Å². The number of Topliss-reactive ketones (excluding diaryl/α,β-unsaturated/α-hetero) is 1. The summed E-state index contributed by atoms with van der Waals surface area (Å²) in [5, 5.41) is 9.33. The Morgan fingerprint density at radius 2 is 2.07 bits per heavy atom. The Labute approximate surface area is 178 Å². The standard InChI is InChI=1S/C17H25N5O4S3/c1-3-22-16(21-8-10-26-11-9-21)19-20-17(22)27-12-14(23)15-5-4-13(28-15)6-7-18-29(2,24)25/h4-5,18H,3,6-12H2,1-2H3. The number of ketones is 1. The minimum absolute atomic E-state index is 0.0286. The summed E-state index contributed by atoms with van der Waals surface area (Å²) in [6.45, 7) is 6.02. The van der Waals surface area contributed by atoms with Crippen LogP contribution < -0.4 is 9.62 Å². The van der Waals surface area contributed by atoms with Crippen LogP contribution in [0, 0.1) is 0 Å². The summed E-state index contributed by atoms with van der Waals surface area (Å²) in [5.74, 6) is 1.13. The van der Waals surface area contributed by atoms with Crippen LogP contribution >= 0.6 is 23.1 Å². The second kappa shape index (κ2) is 10.0. The lowest BCUT2D eigenvalue weighted by Crippen LogP contribution is -2.38. The molecule has 3 rings (SSSR count). The summed E-state index contributed by atoms with van der Waals surface area (Å²) in [6, 6.07) is 3.67. The van der Waals surface area contributed by atoms with Gasteiger partial charge in [0.15, 0.2) is 10.9 Å². The molecule has 1 aliphatic heterocycles. The fourth-order valence-electron chi connectivity index (χ4n) is 2.88. The molecule has 160 valence electrons. The Morgan fingerprint density at radius 3 is 2.76 bits per heavy atom. The number of thioether (sulfide) groups is 1. The van der Waals surface area contributed by atoms with Gasteiger partial charge in [0, 0.05) is 31.1 Å². The molecule has 0 atom stereocenters. The highest BCUT2D eigenvalue weighted by Gasteiger charge is 2.20. The lowest BCUT2D eigenvalue weighted by atomic mass is 10.3. The number of carbonyl (C=O) groups excluding carboxylic acids is 1. The first kappa shape index (κ1) is 22.2. The molecule has 12 heteroatoms. The van der Waals surface area contributed by atoms with E-state index in [0.29, 0.717) is 31.1 Å². The lowest BCUT2D eigenvalue weighted by molar-refractivity contribution is 0.102. The molecule has 1 aliphatic rings. The third-order valence-electron chi connectivity index (χ3n) is 4.31. The van der Waals surface area contributed by atoms with E-state index in [1.165, 1.54) is 23.1 Å². The molecular weight excluding hydrogens is 434 g/mol. The molecular formula is C17H25N5O4S3. The van der Waals surface area contributed by atoms with E-state index < -0.39 is 10.0 Å². The van der Waals surface area contributed by atoms with Crippen LogP contribution in [0.1, 0.15) is 21.5 Å². The number of ether oxygens (including phenoxy) is 1. The van der Waals surface area contributed by atoms with Crippen molar-refractivity contribution >= 4 is 44.9 Å². The highest BCUT2D eigenvalue weighted by molar-refractivity contribution is 7.99. The maximum absolute atomic E-state index is 12.6. The minimum Gasteiger partial charge on any atom is -0.378 e. The first-order valence-corrected chi connectivity index (χ1v) is 13.0. The molecule has 3 heterocycles. The van der Waals surface area contributed by atoms with Crippen LogP contribution in [-0.4, -0.2) is 73.8 Å². The van der Waals surface area contributed by atoms with Crippen LogP contribution in [-0.2, 0) is 27.7 Å². The minimum atomic E-state index is -3.20. The number of rotatable bonds is 10. The molecule has 0 saturated carbocycles. The zero-order valence-electron chi connectivity index (χ0n) is 16.5. The smallest absolute Gasteiger partial charge is 0.228 e. The molecule has 1 N–H and O–H groups in total. The van der Waals surface area contributed by atoms with E-state index >= 15 is 0 Å². The fourth-order valence-corrected chi connectivity index (χ4v) is 5.27.